The molecule has 1 aliphatic rings. The summed E-state index contributed by atoms with van der Waals surface area (Å²) >= 11 is 3.51. The Morgan fingerprint density at radius 3 is 2.23 bits per heavy atom. The largest absolute Gasteiger partial charge is 0.473 e. The SMILES string of the molecule is CC(C)NC(=O)C1CCN(Cc2cccc(Br)c2)CC1.O=C(O)C(=O)O. The number of benzene rings is 1. The molecule has 0 radical (unpaired) electrons. The predicted octanol–water partition coefficient (Wildman–Crippen LogP) is 2.34. The van der Waals surface area contributed by atoms with E-state index in [9.17, 15) is 4.79 Å². The first-order valence-corrected chi connectivity index (χ1v) is 9.21. The van der Waals surface area contributed by atoms with Gasteiger partial charge in [0.1, 0.15) is 0 Å². The first-order valence-electron chi connectivity index (χ1n) is 8.42. The highest BCUT2D eigenvalue weighted by Crippen LogP contribution is 2.20. The summed E-state index contributed by atoms with van der Waals surface area (Å²) in [4.78, 5) is 32.6. The fourth-order valence-corrected chi connectivity index (χ4v) is 3.10. The van der Waals surface area contributed by atoms with Gasteiger partial charge in [0.2, 0.25) is 5.91 Å². The number of carboxylic acid groups (broad SMARTS) is 2. The summed E-state index contributed by atoms with van der Waals surface area (Å²) in [5, 5.41) is 17.8. The van der Waals surface area contributed by atoms with E-state index < -0.39 is 11.9 Å². The smallest absolute Gasteiger partial charge is 0.414 e. The molecular weight excluding hydrogens is 404 g/mol. The van der Waals surface area contributed by atoms with Gasteiger partial charge in [0.05, 0.1) is 0 Å². The van der Waals surface area contributed by atoms with Crippen LogP contribution in [0.25, 0.3) is 0 Å². The molecule has 0 bridgehead atoms. The van der Waals surface area contributed by atoms with Gasteiger partial charge in [-0.2, -0.15) is 0 Å². The van der Waals surface area contributed by atoms with E-state index in [-0.39, 0.29) is 17.9 Å². The van der Waals surface area contributed by atoms with Gasteiger partial charge in [0.25, 0.3) is 0 Å². The Bertz CT molecular complexity index is 616. The van der Waals surface area contributed by atoms with E-state index in [1.54, 1.807) is 0 Å². The third-order valence-corrected chi connectivity index (χ3v) is 4.36. The molecule has 26 heavy (non-hydrogen) atoms. The zero-order chi connectivity index (χ0) is 19.7. The molecule has 0 aliphatic carbocycles. The van der Waals surface area contributed by atoms with E-state index in [1.165, 1.54) is 5.56 Å². The van der Waals surface area contributed by atoms with Gasteiger partial charge in [-0.3, -0.25) is 9.69 Å². The quantitative estimate of drug-likeness (QED) is 0.635. The van der Waals surface area contributed by atoms with Crippen LogP contribution in [0, 0.1) is 5.92 Å². The number of amides is 1. The number of halogens is 1. The minimum Gasteiger partial charge on any atom is -0.473 e. The first-order chi connectivity index (χ1) is 12.2. The molecule has 0 aromatic heterocycles. The first kappa shape index (κ1) is 22.1. The molecule has 1 aliphatic heterocycles. The lowest BCUT2D eigenvalue weighted by atomic mass is 9.95. The van der Waals surface area contributed by atoms with Crippen LogP contribution >= 0.6 is 15.9 Å². The number of nitrogens with one attached hydrogen (secondary N) is 1. The highest BCUT2D eigenvalue weighted by Gasteiger charge is 2.25. The molecule has 1 amide bonds. The van der Waals surface area contributed by atoms with Crippen molar-refractivity contribution in [1.29, 1.82) is 0 Å². The van der Waals surface area contributed by atoms with Gasteiger partial charge >= 0.3 is 11.9 Å². The fraction of sp³-hybridized carbons (Fsp3) is 0.500. The van der Waals surface area contributed by atoms with Crippen molar-refractivity contribution in [2.45, 2.75) is 39.3 Å². The van der Waals surface area contributed by atoms with Crippen LogP contribution in [0.15, 0.2) is 28.7 Å². The monoisotopic (exact) mass is 428 g/mol. The molecule has 0 spiro atoms. The van der Waals surface area contributed by atoms with E-state index in [2.05, 4.69) is 44.3 Å². The molecule has 0 saturated carbocycles. The number of hydrogen-bond acceptors (Lipinski definition) is 4. The van der Waals surface area contributed by atoms with Gasteiger partial charge in [-0.25, -0.2) is 9.59 Å². The minimum atomic E-state index is -1.82. The van der Waals surface area contributed by atoms with Crippen LogP contribution in [0.5, 0.6) is 0 Å². The summed E-state index contributed by atoms with van der Waals surface area (Å²) in [6, 6.07) is 8.68. The Morgan fingerprint density at radius 2 is 1.77 bits per heavy atom. The molecular formula is C18H25BrN2O5. The molecule has 1 fully saturated rings. The molecule has 1 saturated heterocycles. The normalized spacial score (nSPS) is 15.1. The van der Waals surface area contributed by atoms with E-state index in [0.717, 1.165) is 36.9 Å². The maximum Gasteiger partial charge on any atom is 0.414 e. The van der Waals surface area contributed by atoms with Crippen LogP contribution < -0.4 is 5.32 Å². The van der Waals surface area contributed by atoms with E-state index >= 15 is 0 Å². The van der Waals surface area contributed by atoms with Crippen molar-refractivity contribution in [3.8, 4) is 0 Å². The lowest BCUT2D eigenvalue weighted by Crippen LogP contribution is -2.42. The standard InChI is InChI=1S/C16H23BrN2O.C2H2O4/c1-12(2)18-16(20)14-6-8-19(9-7-14)11-13-4-3-5-15(17)10-13;3-1(4)2(5)6/h3-5,10,12,14H,6-9,11H2,1-2H3,(H,18,20);(H,3,4)(H,5,6). The Labute approximate surface area is 161 Å². The zero-order valence-corrected chi connectivity index (χ0v) is 16.5. The van der Waals surface area contributed by atoms with Crippen molar-refractivity contribution in [3.63, 3.8) is 0 Å². The lowest BCUT2D eigenvalue weighted by Gasteiger charge is -2.31. The second-order valence-electron chi connectivity index (χ2n) is 6.45. The third kappa shape index (κ3) is 8.44. The third-order valence-electron chi connectivity index (χ3n) is 3.87. The summed E-state index contributed by atoms with van der Waals surface area (Å²) in [6.45, 7) is 7.00. The van der Waals surface area contributed by atoms with Crippen molar-refractivity contribution in [1.82, 2.24) is 10.2 Å². The van der Waals surface area contributed by atoms with Gasteiger partial charge in [-0.1, -0.05) is 28.1 Å². The highest BCUT2D eigenvalue weighted by atomic mass is 79.9. The second kappa shape index (κ2) is 10.9. The maximum absolute atomic E-state index is 12.0. The van der Waals surface area contributed by atoms with Crippen LogP contribution in [-0.2, 0) is 20.9 Å². The van der Waals surface area contributed by atoms with Crippen LogP contribution in [0.3, 0.4) is 0 Å². The number of carbonyl (C=O) groups excluding carboxylic acids is 1. The Hall–Kier alpha value is -1.93. The van der Waals surface area contributed by atoms with E-state index in [0.29, 0.717) is 0 Å². The van der Waals surface area contributed by atoms with Crippen molar-refractivity contribution >= 4 is 33.8 Å². The van der Waals surface area contributed by atoms with Gasteiger partial charge in [0, 0.05) is 23.0 Å². The van der Waals surface area contributed by atoms with Crippen molar-refractivity contribution in [3.05, 3.63) is 34.3 Å². The molecule has 144 valence electrons. The molecule has 2 rings (SSSR count). The summed E-state index contributed by atoms with van der Waals surface area (Å²) < 4.78 is 1.13. The lowest BCUT2D eigenvalue weighted by molar-refractivity contribution is -0.159. The number of piperidine rings is 1. The molecule has 7 nitrogen and oxygen atoms in total. The van der Waals surface area contributed by atoms with Crippen molar-refractivity contribution in [2.75, 3.05) is 13.1 Å². The number of aliphatic carboxylic acids is 2. The highest BCUT2D eigenvalue weighted by molar-refractivity contribution is 9.10. The van der Waals surface area contributed by atoms with E-state index in [1.807, 2.05) is 19.9 Å². The number of hydrogen-bond donors (Lipinski definition) is 3. The van der Waals surface area contributed by atoms with Gasteiger partial charge in [-0.15, -0.1) is 0 Å². The zero-order valence-electron chi connectivity index (χ0n) is 14.9. The summed E-state index contributed by atoms with van der Waals surface area (Å²) in [5.74, 6) is -3.23. The summed E-state index contributed by atoms with van der Waals surface area (Å²) in [5.41, 5.74) is 1.32. The molecule has 0 unspecified atom stereocenters. The van der Waals surface area contributed by atoms with Crippen LogP contribution in [0.1, 0.15) is 32.3 Å². The average molecular weight is 429 g/mol. The minimum absolute atomic E-state index is 0.191. The molecule has 3 N–H and O–H groups in total. The summed E-state index contributed by atoms with van der Waals surface area (Å²) in [6.07, 6.45) is 1.93. The average Bonchev–Trinajstić information content (AvgIpc) is 2.55. The number of carboxylic acids is 2. The van der Waals surface area contributed by atoms with Crippen molar-refractivity contribution < 1.29 is 24.6 Å². The molecule has 1 heterocycles. The number of rotatable bonds is 4. The number of likely N-dealkylation sites (tertiary alicyclic amines) is 1. The van der Waals surface area contributed by atoms with Crippen molar-refractivity contribution in [2.24, 2.45) is 5.92 Å². The van der Waals surface area contributed by atoms with Gasteiger partial charge in [-0.05, 0) is 57.5 Å². The van der Waals surface area contributed by atoms with E-state index in [4.69, 9.17) is 19.8 Å². The Kier molecular flexibility index (Phi) is 9.29. The van der Waals surface area contributed by atoms with Gasteiger partial charge in [0.15, 0.2) is 0 Å². The van der Waals surface area contributed by atoms with Crippen LogP contribution in [-0.4, -0.2) is 52.1 Å². The van der Waals surface area contributed by atoms with Gasteiger partial charge < -0.3 is 15.5 Å². The number of carbonyl (C=O) groups is 3. The molecule has 0 atom stereocenters. The summed E-state index contributed by atoms with van der Waals surface area (Å²) in [7, 11) is 0. The van der Waals surface area contributed by atoms with Crippen LogP contribution in [0.4, 0.5) is 0 Å². The molecule has 1 aromatic rings. The molecule has 8 heteroatoms. The predicted molar refractivity (Wildman–Crippen MR) is 101 cm³/mol. The topological polar surface area (TPSA) is 107 Å². The Balaban J connectivity index is 0.000000487. The second-order valence-corrected chi connectivity index (χ2v) is 7.37. The number of nitrogens with zero attached hydrogens (tertiary/aromatic N) is 1. The Morgan fingerprint density at radius 1 is 1.19 bits per heavy atom. The maximum atomic E-state index is 12.0. The van der Waals surface area contributed by atoms with Crippen LogP contribution in [0.2, 0.25) is 0 Å². The fourth-order valence-electron chi connectivity index (χ4n) is 2.65. The molecule has 1 aromatic carbocycles.